The van der Waals surface area contributed by atoms with E-state index in [1.165, 1.54) is 11.3 Å². The summed E-state index contributed by atoms with van der Waals surface area (Å²) in [5.41, 5.74) is 6.28. The number of thiophene rings is 1. The Bertz CT molecular complexity index is 564. The lowest BCUT2D eigenvalue weighted by atomic mass is 10.2. The number of aryl methyl sites for hydroxylation is 1. The van der Waals surface area contributed by atoms with Gasteiger partial charge in [-0.2, -0.15) is 0 Å². The van der Waals surface area contributed by atoms with Crippen LogP contribution in [0, 0.1) is 6.92 Å². The summed E-state index contributed by atoms with van der Waals surface area (Å²) in [6, 6.07) is 0.962. The third-order valence-electron chi connectivity index (χ3n) is 2.16. The number of carbonyl (C=O) groups is 1. The largest absolute Gasteiger partial charge is 0.480 e. The summed E-state index contributed by atoms with van der Waals surface area (Å²) in [7, 11) is 0. The first-order chi connectivity index (χ1) is 7.99. The third kappa shape index (κ3) is 2.57. The second kappa shape index (κ2) is 4.85. The Balaban J connectivity index is 2.40. The number of aliphatic carboxylic acids is 1. The molecule has 0 amide bonds. The second-order valence-electron chi connectivity index (χ2n) is 3.41. The van der Waals surface area contributed by atoms with Crippen molar-refractivity contribution < 1.29 is 9.90 Å². The summed E-state index contributed by atoms with van der Waals surface area (Å²) in [6.07, 6.45) is 0. The van der Waals surface area contributed by atoms with Crippen LogP contribution >= 0.6 is 38.6 Å². The Morgan fingerprint density at radius 2 is 2.35 bits per heavy atom. The highest BCUT2D eigenvalue weighted by molar-refractivity contribution is 9.10. The Kier molecular flexibility index (Phi) is 3.62. The van der Waals surface area contributed by atoms with Crippen LogP contribution in [0.25, 0.3) is 9.88 Å². The number of thiazole rings is 1. The van der Waals surface area contributed by atoms with Gasteiger partial charge in [-0.1, -0.05) is 0 Å². The number of carboxylic acids is 1. The van der Waals surface area contributed by atoms with Gasteiger partial charge in [-0.3, -0.25) is 4.79 Å². The monoisotopic (exact) mass is 332 g/mol. The predicted molar refractivity (Wildman–Crippen MR) is 72.4 cm³/mol. The zero-order valence-electron chi connectivity index (χ0n) is 8.81. The normalized spacial score (nSPS) is 12.6. The number of hydrogen-bond donors (Lipinski definition) is 2. The summed E-state index contributed by atoms with van der Waals surface area (Å²) in [5.74, 6) is -1.03. The standard InChI is InChI=1S/C10H9BrN2O2S2/c1-4-8(7(12)10(14)15)17-9(13-4)6-2-5(11)3-16-6/h2-3,7H,12H2,1H3,(H,14,15). The van der Waals surface area contributed by atoms with Crippen molar-refractivity contribution in [2.24, 2.45) is 5.73 Å². The van der Waals surface area contributed by atoms with Gasteiger partial charge in [0.15, 0.2) is 0 Å². The van der Waals surface area contributed by atoms with Crippen LogP contribution in [0.5, 0.6) is 0 Å². The summed E-state index contributed by atoms with van der Waals surface area (Å²) < 4.78 is 0.995. The number of aromatic nitrogens is 1. The molecule has 0 aliphatic rings. The van der Waals surface area contributed by atoms with Gasteiger partial charge in [0, 0.05) is 9.85 Å². The van der Waals surface area contributed by atoms with E-state index in [9.17, 15) is 4.79 Å². The fourth-order valence-corrected chi connectivity index (χ4v) is 3.89. The number of carboxylic acid groups (broad SMARTS) is 1. The molecule has 2 rings (SSSR count). The predicted octanol–water partition coefficient (Wildman–Crippen LogP) is 3.03. The maximum atomic E-state index is 10.9. The molecule has 2 aromatic rings. The van der Waals surface area contributed by atoms with Crippen LogP contribution < -0.4 is 5.73 Å². The molecule has 2 aromatic heterocycles. The quantitative estimate of drug-likeness (QED) is 0.905. The van der Waals surface area contributed by atoms with Crippen molar-refractivity contribution >= 4 is 44.6 Å². The molecule has 0 aromatic carbocycles. The van der Waals surface area contributed by atoms with E-state index in [2.05, 4.69) is 20.9 Å². The van der Waals surface area contributed by atoms with E-state index >= 15 is 0 Å². The molecular formula is C10H9BrN2O2S2. The molecule has 1 unspecified atom stereocenters. The molecule has 0 bridgehead atoms. The van der Waals surface area contributed by atoms with Crippen molar-refractivity contribution in [3.8, 4) is 9.88 Å². The second-order valence-corrected chi connectivity index (χ2v) is 6.27. The molecule has 0 spiro atoms. The Morgan fingerprint density at radius 1 is 1.65 bits per heavy atom. The van der Waals surface area contributed by atoms with Gasteiger partial charge in [0.05, 0.1) is 15.4 Å². The molecule has 0 radical (unpaired) electrons. The lowest BCUT2D eigenvalue weighted by Gasteiger charge is -2.02. The molecule has 0 aliphatic heterocycles. The highest BCUT2D eigenvalue weighted by atomic mass is 79.9. The minimum Gasteiger partial charge on any atom is -0.480 e. The zero-order chi connectivity index (χ0) is 12.6. The van der Waals surface area contributed by atoms with Crippen LogP contribution in [0.1, 0.15) is 16.6 Å². The van der Waals surface area contributed by atoms with Gasteiger partial charge in [-0.25, -0.2) is 4.98 Å². The minimum absolute atomic E-state index is 0.608. The summed E-state index contributed by atoms with van der Waals surface area (Å²) in [5, 5.41) is 11.7. The first kappa shape index (κ1) is 12.7. The Morgan fingerprint density at radius 3 is 2.88 bits per heavy atom. The van der Waals surface area contributed by atoms with Gasteiger partial charge in [0.25, 0.3) is 0 Å². The molecule has 0 fully saturated rings. The van der Waals surface area contributed by atoms with E-state index < -0.39 is 12.0 Å². The average molecular weight is 333 g/mol. The van der Waals surface area contributed by atoms with Crippen molar-refractivity contribution in [2.45, 2.75) is 13.0 Å². The fourth-order valence-electron chi connectivity index (χ4n) is 1.34. The topological polar surface area (TPSA) is 76.2 Å². The smallest absolute Gasteiger partial charge is 0.326 e. The molecule has 0 aliphatic carbocycles. The van der Waals surface area contributed by atoms with Gasteiger partial charge in [-0.15, -0.1) is 22.7 Å². The van der Waals surface area contributed by atoms with Gasteiger partial charge in [-0.05, 0) is 28.9 Å². The number of nitrogens with two attached hydrogens (primary N) is 1. The molecule has 1 atom stereocenters. The van der Waals surface area contributed by atoms with Gasteiger partial charge >= 0.3 is 5.97 Å². The van der Waals surface area contributed by atoms with Crippen molar-refractivity contribution in [3.05, 3.63) is 26.5 Å². The highest BCUT2D eigenvalue weighted by Crippen LogP contribution is 2.35. The molecule has 0 saturated heterocycles. The first-order valence-electron chi connectivity index (χ1n) is 4.69. The summed E-state index contributed by atoms with van der Waals surface area (Å²) in [6.45, 7) is 1.78. The molecule has 90 valence electrons. The van der Waals surface area contributed by atoms with Crippen molar-refractivity contribution in [1.29, 1.82) is 0 Å². The van der Waals surface area contributed by atoms with Crippen molar-refractivity contribution in [2.75, 3.05) is 0 Å². The summed E-state index contributed by atoms with van der Waals surface area (Å²) in [4.78, 5) is 16.8. The highest BCUT2D eigenvalue weighted by Gasteiger charge is 2.21. The van der Waals surface area contributed by atoms with Crippen LogP contribution in [-0.4, -0.2) is 16.1 Å². The molecule has 3 N–H and O–H groups in total. The van der Waals surface area contributed by atoms with Crippen LogP contribution in [0.3, 0.4) is 0 Å². The van der Waals surface area contributed by atoms with Crippen LogP contribution in [-0.2, 0) is 4.79 Å². The maximum absolute atomic E-state index is 10.9. The third-order valence-corrected chi connectivity index (χ3v) is 5.26. The number of hydrogen-bond acceptors (Lipinski definition) is 5. The van der Waals surface area contributed by atoms with E-state index in [0.717, 1.165) is 14.4 Å². The minimum atomic E-state index is -1.03. The van der Waals surface area contributed by atoms with Gasteiger partial charge in [0.1, 0.15) is 11.0 Å². The van der Waals surface area contributed by atoms with E-state index in [-0.39, 0.29) is 0 Å². The Labute approximate surface area is 114 Å². The van der Waals surface area contributed by atoms with E-state index in [1.807, 2.05) is 11.4 Å². The number of rotatable bonds is 3. The molecule has 0 saturated carbocycles. The fraction of sp³-hybridized carbons (Fsp3) is 0.200. The van der Waals surface area contributed by atoms with Crippen LogP contribution in [0.2, 0.25) is 0 Å². The van der Waals surface area contributed by atoms with E-state index in [4.69, 9.17) is 10.8 Å². The zero-order valence-corrected chi connectivity index (χ0v) is 12.0. The van der Waals surface area contributed by atoms with Crippen molar-refractivity contribution in [1.82, 2.24) is 4.98 Å². The lowest BCUT2D eigenvalue weighted by molar-refractivity contribution is -0.138. The van der Waals surface area contributed by atoms with Crippen molar-refractivity contribution in [3.63, 3.8) is 0 Å². The average Bonchev–Trinajstić information content (AvgIpc) is 2.83. The molecule has 2 heterocycles. The van der Waals surface area contributed by atoms with Gasteiger partial charge < -0.3 is 10.8 Å². The molecule has 7 heteroatoms. The molecule has 17 heavy (non-hydrogen) atoms. The van der Waals surface area contributed by atoms with Crippen LogP contribution in [0.15, 0.2) is 15.9 Å². The van der Waals surface area contributed by atoms with E-state index in [1.54, 1.807) is 18.3 Å². The SMILES string of the molecule is Cc1nc(-c2cc(Br)cs2)sc1C(N)C(=O)O. The summed E-state index contributed by atoms with van der Waals surface area (Å²) >= 11 is 6.27. The number of halogens is 1. The lowest BCUT2D eigenvalue weighted by Crippen LogP contribution is -2.20. The van der Waals surface area contributed by atoms with E-state index in [0.29, 0.717) is 10.6 Å². The number of nitrogens with zero attached hydrogens (tertiary/aromatic N) is 1. The van der Waals surface area contributed by atoms with Gasteiger partial charge in [0.2, 0.25) is 0 Å². The molecule has 4 nitrogen and oxygen atoms in total. The Hall–Kier alpha value is -0.760. The van der Waals surface area contributed by atoms with Crippen LogP contribution in [0.4, 0.5) is 0 Å². The first-order valence-corrected chi connectivity index (χ1v) is 7.18. The maximum Gasteiger partial charge on any atom is 0.326 e. The molecular weight excluding hydrogens is 324 g/mol.